The fraction of sp³-hybridized carbons (Fsp3) is 0.222. The van der Waals surface area contributed by atoms with Crippen LogP contribution in [-0.4, -0.2) is 21.8 Å². The van der Waals surface area contributed by atoms with Gasteiger partial charge in [0.05, 0.1) is 22.7 Å². The Morgan fingerprint density at radius 3 is 1.47 bits per heavy atom. The molecule has 2 aromatic carbocycles. The fourth-order valence-corrected chi connectivity index (χ4v) is 2.24. The van der Waals surface area contributed by atoms with Crippen LogP contribution in [0.15, 0.2) is 36.4 Å². The number of esters is 2. The first-order valence-corrected chi connectivity index (χ1v) is 8.34. The van der Waals surface area contributed by atoms with E-state index in [1.807, 2.05) is 0 Å². The molecule has 0 aliphatic heterocycles. The first-order valence-electron chi connectivity index (χ1n) is 8.34. The van der Waals surface area contributed by atoms with Crippen LogP contribution in [-0.2, 0) is 32.3 Å². The van der Waals surface area contributed by atoms with E-state index in [-0.39, 0.29) is 22.5 Å². The quantitative estimate of drug-likeness (QED) is 0.339. The van der Waals surface area contributed by atoms with Crippen LogP contribution < -0.4 is 0 Å². The van der Waals surface area contributed by atoms with Gasteiger partial charge in [-0.05, 0) is 12.1 Å². The van der Waals surface area contributed by atoms with Crippen LogP contribution in [0.1, 0.15) is 24.0 Å². The molecule has 10 nitrogen and oxygen atoms in total. The molecule has 30 heavy (non-hydrogen) atoms. The molecule has 0 saturated carbocycles. The molecule has 0 bridgehead atoms. The van der Waals surface area contributed by atoms with Crippen molar-refractivity contribution in [1.29, 1.82) is 0 Å². The van der Waals surface area contributed by atoms with Crippen molar-refractivity contribution in [2.24, 2.45) is 0 Å². The summed E-state index contributed by atoms with van der Waals surface area (Å²) in [7, 11) is 0. The zero-order chi connectivity index (χ0) is 22.3. The van der Waals surface area contributed by atoms with E-state index in [1.165, 1.54) is 0 Å². The molecule has 12 heteroatoms. The molecule has 0 aliphatic rings. The van der Waals surface area contributed by atoms with E-state index >= 15 is 0 Å². The molecule has 2 rings (SSSR count). The summed E-state index contributed by atoms with van der Waals surface area (Å²) in [6.07, 6.45) is -0.875. The second-order valence-electron chi connectivity index (χ2n) is 5.89. The summed E-state index contributed by atoms with van der Waals surface area (Å²) in [5.74, 6) is -3.38. The lowest BCUT2D eigenvalue weighted by Gasteiger charge is -2.07. The summed E-state index contributed by atoms with van der Waals surface area (Å²) in [4.78, 5) is 43.3. The summed E-state index contributed by atoms with van der Waals surface area (Å²) >= 11 is 0. The topological polar surface area (TPSA) is 139 Å². The average molecular weight is 424 g/mol. The minimum absolute atomic E-state index is 0.207. The maximum atomic E-state index is 13.6. The van der Waals surface area contributed by atoms with E-state index < -0.39 is 59.5 Å². The number of non-ortho nitro benzene ring substituents is 2. The standard InChI is InChI=1S/C18H14F2N2O8/c19-15-3-1-13(21(25)26)7-11(15)9-29-17(23)5-6-18(24)30-10-12-8-14(22(27)28)2-4-16(12)20/h1-4,7-8H,5-6,9-10H2. The van der Waals surface area contributed by atoms with E-state index in [2.05, 4.69) is 0 Å². The van der Waals surface area contributed by atoms with Crippen molar-refractivity contribution in [1.82, 2.24) is 0 Å². The highest BCUT2D eigenvalue weighted by molar-refractivity contribution is 5.77. The summed E-state index contributed by atoms with van der Waals surface area (Å²) in [6, 6.07) is 5.49. The van der Waals surface area contributed by atoms with E-state index in [0.717, 1.165) is 36.4 Å². The number of nitro benzene ring substituents is 2. The van der Waals surface area contributed by atoms with E-state index in [4.69, 9.17) is 9.47 Å². The number of halogens is 2. The number of nitro groups is 2. The third-order valence-corrected chi connectivity index (χ3v) is 3.79. The number of hydrogen-bond donors (Lipinski definition) is 0. The lowest BCUT2D eigenvalue weighted by atomic mass is 10.2. The van der Waals surface area contributed by atoms with Gasteiger partial charge in [-0.1, -0.05) is 0 Å². The Hall–Kier alpha value is -3.96. The van der Waals surface area contributed by atoms with Gasteiger partial charge in [0, 0.05) is 35.4 Å². The van der Waals surface area contributed by atoms with Crippen molar-refractivity contribution in [3.63, 3.8) is 0 Å². The minimum Gasteiger partial charge on any atom is -0.461 e. The van der Waals surface area contributed by atoms with Crippen LogP contribution in [0.25, 0.3) is 0 Å². The van der Waals surface area contributed by atoms with E-state index in [1.54, 1.807) is 0 Å². The molecule has 0 atom stereocenters. The van der Waals surface area contributed by atoms with Gasteiger partial charge in [-0.2, -0.15) is 0 Å². The third-order valence-electron chi connectivity index (χ3n) is 3.79. The molecular formula is C18H14F2N2O8. The Morgan fingerprint density at radius 1 is 0.767 bits per heavy atom. The summed E-state index contributed by atoms with van der Waals surface area (Å²) in [5.41, 5.74) is -1.17. The normalized spacial score (nSPS) is 10.3. The van der Waals surface area contributed by atoms with Crippen LogP contribution in [0.2, 0.25) is 0 Å². The molecule has 0 saturated heterocycles. The zero-order valence-corrected chi connectivity index (χ0v) is 15.2. The van der Waals surface area contributed by atoms with Crippen LogP contribution in [0.3, 0.4) is 0 Å². The number of carbonyl (C=O) groups is 2. The van der Waals surface area contributed by atoms with Crippen LogP contribution >= 0.6 is 0 Å². The minimum atomic E-state index is -0.889. The van der Waals surface area contributed by atoms with Gasteiger partial charge in [-0.15, -0.1) is 0 Å². The number of rotatable bonds is 9. The fourth-order valence-electron chi connectivity index (χ4n) is 2.24. The Balaban J connectivity index is 1.81. The molecule has 0 aliphatic carbocycles. The number of carbonyl (C=O) groups excluding carboxylic acids is 2. The number of nitrogens with zero attached hydrogens (tertiary/aromatic N) is 2. The lowest BCUT2D eigenvalue weighted by Crippen LogP contribution is -2.11. The molecule has 2 aromatic rings. The van der Waals surface area contributed by atoms with Crippen molar-refractivity contribution in [2.75, 3.05) is 0 Å². The molecule has 0 spiro atoms. The monoisotopic (exact) mass is 424 g/mol. The highest BCUT2D eigenvalue weighted by atomic mass is 19.1. The number of ether oxygens (including phenoxy) is 2. The van der Waals surface area contributed by atoms with Gasteiger partial charge >= 0.3 is 11.9 Å². The average Bonchev–Trinajstić information content (AvgIpc) is 2.70. The van der Waals surface area contributed by atoms with Gasteiger partial charge in [0.15, 0.2) is 0 Å². The van der Waals surface area contributed by atoms with Gasteiger partial charge in [0.2, 0.25) is 0 Å². The second kappa shape index (κ2) is 10.0. The summed E-state index contributed by atoms with van der Waals surface area (Å²) in [5, 5.41) is 21.4. The van der Waals surface area contributed by atoms with Gasteiger partial charge in [-0.25, -0.2) is 8.78 Å². The van der Waals surface area contributed by atoms with Crippen molar-refractivity contribution in [3.8, 4) is 0 Å². The van der Waals surface area contributed by atoms with Gasteiger partial charge < -0.3 is 9.47 Å². The van der Waals surface area contributed by atoms with E-state index in [0.29, 0.717) is 0 Å². The molecule has 0 N–H and O–H groups in total. The predicted octanol–water partition coefficient (Wildman–Crippen LogP) is 3.35. The van der Waals surface area contributed by atoms with Crippen molar-refractivity contribution < 1.29 is 37.7 Å². The molecule has 0 heterocycles. The molecule has 0 amide bonds. The summed E-state index contributed by atoms with van der Waals surface area (Å²) < 4.78 is 36.8. The van der Waals surface area contributed by atoms with Gasteiger partial charge in [0.25, 0.3) is 11.4 Å². The highest BCUT2D eigenvalue weighted by Crippen LogP contribution is 2.19. The first-order chi connectivity index (χ1) is 14.2. The first kappa shape index (κ1) is 22.3. The third kappa shape index (κ3) is 6.29. The predicted molar refractivity (Wildman–Crippen MR) is 94.9 cm³/mol. The van der Waals surface area contributed by atoms with E-state index in [9.17, 15) is 38.6 Å². The van der Waals surface area contributed by atoms with Gasteiger partial charge in [-0.3, -0.25) is 29.8 Å². The second-order valence-corrected chi connectivity index (χ2v) is 5.89. The molecule has 0 aromatic heterocycles. The van der Waals surface area contributed by atoms with Crippen LogP contribution in [0, 0.1) is 31.9 Å². The Morgan fingerprint density at radius 2 is 1.13 bits per heavy atom. The van der Waals surface area contributed by atoms with Gasteiger partial charge in [0.1, 0.15) is 24.8 Å². The Labute approximate surface area is 167 Å². The molecule has 0 unspecified atom stereocenters. The summed E-state index contributed by atoms with van der Waals surface area (Å²) in [6.45, 7) is -1.14. The SMILES string of the molecule is O=C(CCC(=O)OCc1cc([N+](=O)[O-])ccc1F)OCc1cc([N+](=O)[O-])ccc1F. The lowest BCUT2D eigenvalue weighted by molar-refractivity contribution is -0.385. The molecule has 0 radical (unpaired) electrons. The van der Waals surface area contributed by atoms with Crippen LogP contribution in [0.4, 0.5) is 20.2 Å². The Bertz CT molecular complexity index is 917. The molecular weight excluding hydrogens is 410 g/mol. The number of hydrogen-bond acceptors (Lipinski definition) is 8. The smallest absolute Gasteiger partial charge is 0.306 e. The highest BCUT2D eigenvalue weighted by Gasteiger charge is 2.16. The van der Waals surface area contributed by atoms with Crippen molar-refractivity contribution in [3.05, 3.63) is 79.4 Å². The van der Waals surface area contributed by atoms with Crippen molar-refractivity contribution in [2.45, 2.75) is 26.1 Å². The largest absolute Gasteiger partial charge is 0.461 e. The maximum absolute atomic E-state index is 13.6. The maximum Gasteiger partial charge on any atom is 0.306 e. The number of benzene rings is 2. The molecule has 0 fully saturated rings. The van der Waals surface area contributed by atoms with Crippen molar-refractivity contribution >= 4 is 23.3 Å². The molecule has 158 valence electrons. The van der Waals surface area contributed by atoms with Crippen LogP contribution in [0.5, 0.6) is 0 Å². The zero-order valence-electron chi connectivity index (χ0n) is 15.2. The Kier molecular flexibility index (Phi) is 7.44.